The Morgan fingerprint density at radius 2 is 2.10 bits per heavy atom. The summed E-state index contributed by atoms with van der Waals surface area (Å²) in [4.78, 5) is 11.8. The van der Waals surface area contributed by atoms with E-state index in [1.54, 1.807) is 6.92 Å². The average Bonchev–Trinajstić information content (AvgIpc) is 2.76. The molecule has 0 bridgehead atoms. The Balaban J connectivity index is 2.27. The van der Waals surface area contributed by atoms with Crippen molar-refractivity contribution in [2.75, 3.05) is 5.32 Å². The number of aryl methyl sites for hydroxylation is 1. The van der Waals surface area contributed by atoms with Crippen molar-refractivity contribution < 1.29 is 22.5 Å². The summed E-state index contributed by atoms with van der Waals surface area (Å²) in [5.41, 5.74) is -0.582. The zero-order valence-corrected chi connectivity index (χ0v) is 10.8. The Bertz CT molecular complexity index is 652. The van der Waals surface area contributed by atoms with Gasteiger partial charge in [0.2, 0.25) is 5.76 Å². The number of aromatic nitrogens is 1. The summed E-state index contributed by atoms with van der Waals surface area (Å²) in [7, 11) is 0. The molecule has 0 radical (unpaired) electrons. The first-order valence-corrected chi connectivity index (χ1v) is 5.76. The summed E-state index contributed by atoms with van der Waals surface area (Å²) >= 11 is 5.48. The van der Waals surface area contributed by atoms with Crippen molar-refractivity contribution >= 4 is 23.2 Å². The van der Waals surface area contributed by atoms with Gasteiger partial charge in [0.05, 0.1) is 16.8 Å². The van der Waals surface area contributed by atoms with Gasteiger partial charge in [-0.1, -0.05) is 16.8 Å². The minimum atomic E-state index is -4.60. The van der Waals surface area contributed by atoms with E-state index in [4.69, 9.17) is 16.1 Å². The van der Waals surface area contributed by atoms with Gasteiger partial charge in [-0.15, -0.1) is 0 Å². The quantitative estimate of drug-likeness (QED) is 0.915. The maximum atomic E-state index is 12.7. The van der Waals surface area contributed by atoms with Gasteiger partial charge in [-0.05, 0) is 25.1 Å². The second kappa shape index (κ2) is 5.16. The number of nitrogens with zero attached hydrogens (tertiary/aromatic N) is 1. The SMILES string of the molecule is Cc1cnoc1C(=O)Nc1ccc(Cl)c(C(F)(F)F)c1. The summed E-state index contributed by atoms with van der Waals surface area (Å²) in [6, 6.07) is 3.08. The van der Waals surface area contributed by atoms with Crippen LogP contribution < -0.4 is 5.32 Å². The van der Waals surface area contributed by atoms with Gasteiger partial charge in [-0.25, -0.2) is 0 Å². The van der Waals surface area contributed by atoms with Crippen LogP contribution in [-0.4, -0.2) is 11.1 Å². The van der Waals surface area contributed by atoms with Crippen LogP contribution >= 0.6 is 11.6 Å². The predicted octanol–water partition coefficient (Wildman–Crippen LogP) is 3.91. The van der Waals surface area contributed by atoms with E-state index in [0.29, 0.717) is 5.56 Å². The number of nitrogens with one attached hydrogen (secondary N) is 1. The number of hydrogen-bond donors (Lipinski definition) is 1. The zero-order valence-electron chi connectivity index (χ0n) is 10.1. The van der Waals surface area contributed by atoms with Crippen LogP contribution in [0.1, 0.15) is 21.7 Å². The van der Waals surface area contributed by atoms with E-state index in [1.807, 2.05) is 0 Å². The Morgan fingerprint density at radius 1 is 1.40 bits per heavy atom. The second-order valence-electron chi connectivity index (χ2n) is 3.98. The maximum absolute atomic E-state index is 12.7. The monoisotopic (exact) mass is 304 g/mol. The summed E-state index contributed by atoms with van der Waals surface area (Å²) in [5, 5.41) is 5.27. The fourth-order valence-corrected chi connectivity index (χ4v) is 1.74. The molecule has 2 aromatic rings. The molecule has 0 atom stereocenters. The molecule has 0 unspecified atom stereocenters. The zero-order chi connectivity index (χ0) is 14.9. The van der Waals surface area contributed by atoms with E-state index >= 15 is 0 Å². The molecule has 106 valence electrons. The first-order chi connectivity index (χ1) is 9.29. The molecule has 0 fully saturated rings. The van der Waals surface area contributed by atoms with Gasteiger partial charge in [0.25, 0.3) is 5.91 Å². The molecular weight excluding hydrogens is 297 g/mol. The largest absolute Gasteiger partial charge is 0.417 e. The number of anilines is 1. The van der Waals surface area contributed by atoms with Crippen molar-refractivity contribution in [1.82, 2.24) is 5.16 Å². The van der Waals surface area contributed by atoms with Crippen molar-refractivity contribution in [1.29, 1.82) is 0 Å². The van der Waals surface area contributed by atoms with Gasteiger partial charge in [-0.2, -0.15) is 13.2 Å². The molecule has 0 aliphatic heterocycles. The van der Waals surface area contributed by atoms with Crippen molar-refractivity contribution in [2.24, 2.45) is 0 Å². The number of alkyl halides is 3. The van der Waals surface area contributed by atoms with Crippen LogP contribution in [0.5, 0.6) is 0 Å². The van der Waals surface area contributed by atoms with E-state index in [1.165, 1.54) is 12.3 Å². The molecule has 1 aromatic carbocycles. The predicted molar refractivity (Wildman–Crippen MR) is 65.6 cm³/mol. The minimum absolute atomic E-state index is 0.0393. The van der Waals surface area contributed by atoms with Gasteiger partial charge in [0, 0.05) is 11.3 Å². The van der Waals surface area contributed by atoms with Crippen molar-refractivity contribution in [3.05, 3.63) is 46.3 Å². The molecule has 0 aliphatic carbocycles. The first kappa shape index (κ1) is 14.4. The van der Waals surface area contributed by atoms with Crippen molar-refractivity contribution in [3.63, 3.8) is 0 Å². The van der Waals surface area contributed by atoms with Crippen LogP contribution in [0, 0.1) is 6.92 Å². The molecule has 1 N–H and O–H groups in total. The minimum Gasteiger partial charge on any atom is -0.351 e. The Hall–Kier alpha value is -2.02. The lowest BCUT2D eigenvalue weighted by Crippen LogP contribution is -2.13. The lowest BCUT2D eigenvalue weighted by molar-refractivity contribution is -0.137. The highest BCUT2D eigenvalue weighted by atomic mass is 35.5. The molecular formula is C12H8ClF3N2O2. The lowest BCUT2D eigenvalue weighted by atomic mass is 10.2. The molecule has 4 nitrogen and oxygen atoms in total. The molecule has 0 aliphatic rings. The van der Waals surface area contributed by atoms with Crippen LogP contribution in [0.4, 0.5) is 18.9 Å². The fraction of sp³-hybridized carbons (Fsp3) is 0.167. The highest BCUT2D eigenvalue weighted by Crippen LogP contribution is 2.36. The summed E-state index contributed by atoms with van der Waals surface area (Å²) in [6.45, 7) is 1.59. The standard InChI is InChI=1S/C12H8ClF3N2O2/c1-6-5-17-20-10(6)11(19)18-7-2-3-9(13)8(4-7)12(14,15)16/h2-5H,1H3,(H,18,19). The summed E-state index contributed by atoms with van der Waals surface area (Å²) in [6.07, 6.45) is -3.27. The highest BCUT2D eigenvalue weighted by Gasteiger charge is 2.33. The maximum Gasteiger partial charge on any atom is 0.417 e. The lowest BCUT2D eigenvalue weighted by Gasteiger charge is -2.11. The van der Waals surface area contributed by atoms with Crippen LogP contribution in [0.25, 0.3) is 0 Å². The molecule has 8 heteroatoms. The molecule has 1 heterocycles. The molecule has 0 saturated carbocycles. The van der Waals surface area contributed by atoms with E-state index in [0.717, 1.165) is 12.1 Å². The number of hydrogen-bond acceptors (Lipinski definition) is 3. The van der Waals surface area contributed by atoms with Crippen LogP contribution in [0.2, 0.25) is 5.02 Å². The smallest absolute Gasteiger partial charge is 0.351 e. The second-order valence-corrected chi connectivity index (χ2v) is 4.39. The van der Waals surface area contributed by atoms with Crippen molar-refractivity contribution in [2.45, 2.75) is 13.1 Å². The average molecular weight is 305 g/mol. The van der Waals surface area contributed by atoms with Gasteiger partial charge in [0.1, 0.15) is 0 Å². The fourth-order valence-electron chi connectivity index (χ4n) is 1.52. The number of rotatable bonds is 2. The van der Waals surface area contributed by atoms with Gasteiger partial charge >= 0.3 is 6.18 Å². The third kappa shape index (κ3) is 2.93. The number of carbonyl (C=O) groups is 1. The van der Waals surface area contributed by atoms with Crippen molar-refractivity contribution in [3.8, 4) is 0 Å². The third-order valence-corrected chi connectivity index (χ3v) is 2.81. The first-order valence-electron chi connectivity index (χ1n) is 5.38. The van der Waals surface area contributed by atoms with Gasteiger partial charge < -0.3 is 9.84 Å². The molecule has 20 heavy (non-hydrogen) atoms. The number of halogens is 4. The number of amides is 1. The summed E-state index contributed by atoms with van der Waals surface area (Å²) < 4.78 is 42.7. The number of benzene rings is 1. The molecule has 0 spiro atoms. The van der Waals surface area contributed by atoms with E-state index in [2.05, 4.69) is 10.5 Å². The topological polar surface area (TPSA) is 55.1 Å². The normalized spacial score (nSPS) is 11.4. The van der Waals surface area contributed by atoms with Crippen LogP contribution in [0.3, 0.4) is 0 Å². The van der Waals surface area contributed by atoms with E-state index < -0.39 is 22.7 Å². The number of carbonyl (C=O) groups excluding carboxylic acids is 1. The molecule has 1 aromatic heterocycles. The highest BCUT2D eigenvalue weighted by molar-refractivity contribution is 6.31. The molecule has 0 saturated heterocycles. The Labute approximate surface area is 116 Å². The van der Waals surface area contributed by atoms with Gasteiger partial charge in [0.15, 0.2) is 0 Å². The van der Waals surface area contributed by atoms with E-state index in [9.17, 15) is 18.0 Å². The van der Waals surface area contributed by atoms with Gasteiger partial charge in [-0.3, -0.25) is 4.79 Å². The summed E-state index contributed by atoms with van der Waals surface area (Å²) in [5.74, 6) is -0.746. The van der Waals surface area contributed by atoms with E-state index in [-0.39, 0.29) is 11.4 Å². The Kier molecular flexibility index (Phi) is 3.71. The molecule has 1 amide bonds. The molecule has 2 rings (SSSR count). The third-order valence-electron chi connectivity index (χ3n) is 2.48. The Morgan fingerprint density at radius 3 is 2.65 bits per heavy atom. The van der Waals surface area contributed by atoms with Crippen LogP contribution in [-0.2, 0) is 6.18 Å². The van der Waals surface area contributed by atoms with Crippen LogP contribution in [0.15, 0.2) is 28.9 Å².